The third-order valence-electron chi connectivity index (χ3n) is 1.23. The number of rotatable bonds is 5. The Morgan fingerprint density at radius 2 is 1.77 bits per heavy atom. The van der Waals surface area contributed by atoms with Crippen molar-refractivity contribution in [1.29, 1.82) is 0 Å². The molecule has 13 heavy (non-hydrogen) atoms. The Hall–Kier alpha value is -0.570. The zero-order valence-corrected chi connectivity index (χ0v) is 9.14. The lowest BCUT2D eigenvalue weighted by Gasteiger charge is -1.99. The van der Waals surface area contributed by atoms with E-state index in [1.807, 2.05) is 0 Å². The van der Waals surface area contributed by atoms with E-state index in [0.717, 1.165) is 25.7 Å². The number of quaternary nitrogens is 1. The molecule has 0 aromatic heterocycles. The highest BCUT2D eigenvalue weighted by Crippen LogP contribution is 2.00. The van der Waals surface area contributed by atoms with Crippen molar-refractivity contribution >= 4 is 5.97 Å². The third-order valence-corrected chi connectivity index (χ3v) is 1.23. The average Bonchev–Trinajstić information content (AvgIpc) is 1.97. The molecule has 0 spiro atoms. The van der Waals surface area contributed by atoms with Crippen molar-refractivity contribution in [3.8, 4) is 0 Å². The highest BCUT2D eigenvalue weighted by Gasteiger charge is 1.86. The van der Waals surface area contributed by atoms with Crippen molar-refractivity contribution in [3.63, 3.8) is 0 Å². The van der Waals surface area contributed by atoms with Crippen LogP contribution in [0.3, 0.4) is 0 Å². The van der Waals surface area contributed by atoms with E-state index in [9.17, 15) is 9.90 Å². The second-order valence-electron chi connectivity index (χ2n) is 3.58. The van der Waals surface area contributed by atoms with E-state index in [-0.39, 0.29) is 6.42 Å². The quantitative estimate of drug-likeness (QED) is 0.634. The van der Waals surface area contributed by atoms with Gasteiger partial charge in [-0.2, -0.15) is 0 Å². The number of hydrogen-bond donors (Lipinski definition) is 1. The van der Waals surface area contributed by atoms with Crippen molar-refractivity contribution in [1.82, 2.24) is 0 Å². The smallest absolute Gasteiger partial charge is 0.0786 e. The molecule has 0 aromatic carbocycles. The molecule has 0 rings (SSSR count). The fraction of sp³-hybridized carbons (Fsp3) is 0.900. The predicted molar refractivity (Wildman–Crippen MR) is 51.8 cm³/mol. The molecule has 0 aliphatic heterocycles. The molecule has 3 N–H and O–H groups in total. The van der Waals surface area contributed by atoms with Gasteiger partial charge in [0.2, 0.25) is 0 Å². The minimum Gasteiger partial charge on any atom is -0.550 e. The lowest BCUT2D eigenvalue weighted by molar-refractivity contribution is -0.407. The second-order valence-corrected chi connectivity index (χ2v) is 3.58. The Labute approximate surface area is 81.3 Å². The number of carbonyl (C=O) groups is 1. The molecule has 3 heteroatoms. The predicted octanol–water partition coefficient (Wildman–Crippen LogP) is 0.343. The van der Waals surface area contributed by atoms with Crippen LogP contribution in [0.5, 0.6) is 0 Å². The minimum atomic E-state index is -0.925. The molecule has 0 atom stereocenters. The van der Waals surface area contributed by atoms with Crippen LogP contribution in [0.1, 0.15) is 52.9 Å². The van der Waals surface area contributed by atoms with E-state index in [1.165, 1.54) is 0 Å². The van der Waals surface area contributed by atoms with Crippen molar-refractivity contribution in [2.45, 2.75) is 58.9 Å². The summed E-state index contributed by atoms with van der Waals surface area (Å²) in [4.78, 5) is 9.85. The van der Waals surface area contributed by atoms with Crippen molar-refractivity contribution in [2.75, 3.05) is 0 Å². The maximum atomic E-state index is 9.85. The first kappa shape index (κ1) is 14.9. The SMILES string of the molecule is CC(C)[NH3+].CCCCCCC(=O)[O-]. The van der Waals surface area contributed by atoms with Gasteiger partial charge in [0.25, 0.3) is 0 Å². The number of hydrogen-bond acceptors (Lipinski definition) is 2. The summed E-state index contributed by atoms with van der Waals surface area (Å²) in [5.41, 5.74) is 3.64. The number of aliphatic carboxylic acids is 1. The molecule has 0 aliphatic carbocycles. The fourth-order valence-corrected chi connectivity index (χ4v) is 0.696. The molecule has 0 radical (unpaired) electrons. The summed E-state index contributed by atoms with van der Waals surface area (Å²) in [6.45, 7) is 6.21. The van der Waals surface area contributed by atoms with Gasteiger partial charge in [-0.25, -0.2) is 0 Å². The summed E-state index contributed by atoms with van der Waals surface area (Å²) in [7, 11) is 0. The normalized spacial score (nSPS) is 9.31. The molecule has 0 saturated heterocycles. The highest BCUT2D eigenvalue weighted by atomic mass is 16.4. The molecule has 3 nitrogen and oxygen atoms in total. The van der Waals surface area contributed by atoms with E-state index in [2.05, 4.69) is 26.5 Å². The fourth-order valence-electron chi connectivity index (χ4n) is 0.696. The van der Waals surface area contributed by atoms with Crippen LogP contribution in [0.2, 0.25) is 0 Å². The standard InChI is InChI=1S/C7H14O2.C3H9N/c1-2-3-4-5-6-7(8)9;1-3(2)4/h2-6H2,1H3,(H,8,9);3H,4H2,1-2H3. The van der Waals surface area contributed by atoms with Gasteiger partial charge in [0.1, 0.15) is 0 Å². The van der Waals surface area contributed by atoms with E-state index in [0.29, 0.717) is 6.04 Å². The average molecular weight is 189 g/mol. The van der Waals surface area contributed by atoms with Crippen LogP contribution >= 0.6 is 0 Å². The molecule has 0 bridgehead atoms. The molecular weight excluding hydrogens is 166 g/mol. The highest BCUT2D eigenvalue weighted by molar-refractivity contribution is 5.63. The monoisotopic (exact) mass is 189 g/mol. The first-order chi connectivity index (χ1) is 6.00. The van der Waals surface area contributed by atoms with Gasteiger partial charge in [0.05, 0.1) is 6.04 Å². The van der Waals surface area contributed by atoms with Crippen LogP contribution in [0.25, 0.3) is 0 Å². The summed E-state index contributed by atoms with van der Waals surface area (Å²) in [5.74, 6) is -0.925. The van der Waals surface area contributed by atoms with Crippen LogP contribution in [0, 0.1) is 0 Å². The maximum Gasteiger partial charge on any atom is 0.0786 e. The summed E-state index contributed by atoms with van der Waals surface area (Å²) in [6, 6.07) is 0.583. The number of carboxylic acid groups (broad SMARTS) is 1. The Kier molecular flexibility index (Phi) is 13.1. The zero-order chi connectivity index (χ0) is 10.7. The molecule has 0 heterocycles. The first-order valence-electron chi connectivity index (χ1n) is 5.03. The number of unbranched alkanes of at least 4 members (excludes halogenated alkanes) is 3. The second kappa shape index (κ2) is 11.4. The largest absolute Gasteiger partial charge is 0.550 e. The Balaban J connectivity index is 0. The molecule has 0 fully saturated rings. The van der Waals surface area contributed by atoms with E-state index >= 15 is 0 Å². The van der Waals surface area contributed by atoms with Crippen molar-refractivity contribution in [2.24, 2.45) is 0 Å². The topological polar surface area (TPSA) is 67.8 Å². The van der Waals surface area contributed by atoms with Crippen molar-refractivity contribution < 1.29 is 15.6 Å². The summed E-state index contributed by atoms with van der Waals surface area (Å²) < 4.78 is 0. The summed E-state index contributed by atoms with van der Waals surface area (Å²) in [6.07, 6.45) is 4.29. The summed E-state index contributed by atoms with van der Waals surface area (Å²) in [5, 5.41) is 9.85. The minimum absolute atomic E-state index is 0.222. The van der Waals surface area contributed by atoms with Gasteiger partial charge in [-0.05, 0) is 26.7 Å². The van der Waals surface area contributed by atoms with Gasteiger partial charge < -0.3 is 15.6 Å². The van der Waals surface area contributed by atoms with Crippen LogP contribution in [-0.4, -0.2) is 12.0 Å². The van der Waals surface area contributed by atoms with Crippen LogP contribution in [0.15, 0.2) is 0 Å². The molecule has 0 aliphatic rings. The molecule has 0 amide bonds. The zero-order valence-electron chi connectivity index (χ0n) is 9.14. The molecule has 0 unspecified atom stereocenters. The van der Waals surface area contributed by atoms with Gasteiger partial charge in [-0.1, -0.05) is 26.2 Å². The van der Waals surface area contributed by atoms with E-state index in [1.54, 1.807) is 0 Å². The van der Waals surface area contributed by atoms with Gasteiger partial charge in [-0.3, -0.25) is 0 Å². The van der Waals surface area contributed by atoms with E-state index < -0.39 is 5.97 Å². The van der Waals surface area contributed by atoms with Crippen molar-refractivity contribution in [3.05, 3.63) is 0 Å². The van der Waals surface area contributed by atoms with E-state index in [4.69, 9.17) is 0 Å². The molecule has 80 valence electrons. The first-order valence-corrected chi connectivity index (χ1v) is 5.03. The lowest BCUT2D eigenvalue weighted by atomic mass is 10.2. The molecule has 0 aromatic rings. The van der Waals surface area contributed by atoms with Crippen LogP contribution < -0.4 is 10.8 Å². The van der Waals surface area contributed by atoms with Gasteiger partial charge in [0, 0.05) is 5.97 Å². The van der Waals surface area contributed by atoms with Gasteiger partial charge >= 0.3 is 0 Å². The molecule has 0 saturated carbocycles. The maximum absolute atomic E-state index is 9.85. The Morgan fingerprint density at radius 1 is 1.31 bits per heavy atom. The van der Waals surface area contributed by atoms with Crippen LogP contribution in [0.4, 0.5) is 0 Å². The Morgan fingerprint density at radius 3 is 2.08 bits per heavy atom. The van der Waals surface area contributed by atoms with Gasteiger partial charge in [-0.15, -0.1) is 0 Å². The Bertz CT molecular complexity index is 111. The molecular formula is C10H23NO2. The van der Waals surface area contributed by atoms with Crippen LogP contribution in [-0.2, 0) is 4.79 Å². The lowest BCUT2D eigenvalue weighted by Crippen LogP contribution is -2.57. The number of carboxylic acids is 1. The van der Waals surface area contributed by atoms with Gasteiger partial charge in [0.15, 0.2) is 0 Å². The third kappa shape index (κ3) is 34.5. The summed E-state index contributed by atoms with van der Waals surface area (Å²) >= 11 is 0. The number of carbonyl (C=O) groups excluding carboxylic acids is 1.